The monoisotopic (exact) mass is 349 g/mol. The topological polar surface area (TPSA) is 89.4 Å². The zero-order chi connectivity index (χ0) is 18.4. The number of benzene rings is 1. The van der Waals surface area contributed by atoms with Gasteiger partial charge in [-0.2, -0.15) is 5.10 Å². The van der Waals surface area contributed by atoms with Crippen molar-refractivity contribution in [1.29, 1.82) is 0 Å². The number of hydrogen-bond acceptors (Lipinski definition) is 7. The summed E-state index contributed by atoms with van der Waals surface area (Å²) < 4.78 is 4.93. The molecular weight excluding hydrogens is 330 g/mol. The Bertz CT molecular complexity index is 941. The molecule has 0 atom stereocenters. The normalized spacial score (nSPS) is 11.4. The van der Waals surface area contributed by atoms with E-state index >= 15 is 0 Å². The van der Waals surface area contributed by atoms with Gasteiger partial charge in [-0.1, -0.05) is 12.1 Å². The predicted octanol–water partition coefficient (Wildman–Crippen LogP) is 3.43. The van der Waals surface area contributed by atoms with E-state index in [1.54, 1.807) is 26.2 Å². The lowest BCUT2D eigenvalue weighted by molar-refractivity contribution is -0.141. The lowest BCUT2D eigenvalue weighted by Crippen LogP contribution is -2.10. The van der Waals surface area contributed by atoms with Gasteiger partial charge in [0, 0.05) is 29.1 Å². The van der Waals surface area contributed by atoms with Crippen LogP contribution >= 0.6 is 0 Å². The molecule has 26 heavy (non-hydrogen) atoms. The van der Waals surface area contributed by atoms with E-state index in [9.17, 15) is 4.79 Å². The van der Waals surface area contributed by atoms with E-state index in [1.807, 2.05) is 36.4 Å². The Balaban J connectivity index is 1.93. The maximum Gasteiger partial charge on any atom is 0.311 e. The lowest BCUT2D eigenvalue weighted by Gasteiger charge is -2.09. The third kappa shape index (κ3) is 4.18. The van der Waals surface area contributed by atoms with Gasteiger partial charge < -0.3 is 4.74 Å². The molecule has 2 aromatic heterocycles. The second-order valence-corrected chi connectivity index (χ2v) is 5.59. The number of rotatable bonds is 6. The van der Waals surface area contributed by atoms with Crippen LogP contribution < -0.4 is 5.43 Å². The molecule has 0 aliphatic rings. The summed E-state index contributed by atoms with van der Waals surface area (Å²) in [5.41, 5.74) is 5.23. The van der Waals surface area contributed by atoms with Gasteiger partial charge in [-0.25, -0.2) is 9.97 Å². The minimum absolute atomic E-state index is 0.126. The van der Waals surface area contributed by atoms with Crippen molar-refractivity contribution in [1.82, 2.24) is 15.0 Å². The van der Waals surface area contributed by atoms with Gasteiger partial charge in [0.2, 0.25) is 0 Å². The van der Waals surface area contributed by atoms with E-state index in [-0.39, 0.29) is 12.4 Å². The Hall–Kier alpha value is -3.35. The number of hydrazone groups is 1. The van der Waals surface area contributed by atoms with Crippen LogP contribution in [-0.2, 0) is 9.53 Å². The van der Waals surface area contributed by atoms with E-state index in [0.29, 0.717) is 24.0 Å². The van der Waals surface area contributed by atoms with Gasteiger partial charge in [0.1, 0.15) is 0 Å². The highest BCUT2D eigenvalue weighted by molar-refractivity contribution is 5.98. The number of anilines is 1. The number of ether oxygens (including phenoxy) is 1. The molecule has 0 bridgehead atoms. The second kappa shape index (κ2) is 8.15. The summed E-state index contributed by atoms with van der Waals surface area (Å²) in [6.07, 6.45) is 3.52. The summed E-state index contributed by atoms with van der Waals surface area (Å²) in [4.78, 5) is 24.8. The van der Waals surface area contributed by atoms with Gasteiger partial charge in [-0.3, -0.25) is 15.2 Å². The van der Waals surface area contributed by atoms with Crippen molar-refractivity contribution in [3.8, 4) is 11.4 Å². The number of hydrogen-bond donors (Lipinski definition) is 1. The summed E-state index contributed by atoms with van der Waals surface area (Å²) in [7, 11) is 0. The van der Waals surface area contributed by atoms with Crippen molar-refractivity contribution in [3.63, 3.8) is 0 Å². The summed E-state index contributed by atoms with van der Waals surface area (Å²) in [6, 6.07) is 11.4. The molecule has 0 aliphatic carbocycles. The third-order valence-electron chi connectivity index (χ3n) is 3.60. The number of nitrogens with zero attached hydrogens (tertiary/aromatic N) is 4. The zero-order valence-corrected chi connectivity index (χ0v) is 14.6. The molecule has 0 amide bonds. The highest BCUT2D eigenvalue weighted by Gasteiger charge is 2.09. The van der Waals surface area contributed by atoms with Crippen molar-refractivity contribution in [2.75, 3.05) is 12.0 Å². The summed E-state index contributed by atoms with van der Waals surface area (Å²) >= 11 is 0. The molecule has 0 saturated carbocycles. The van der Waals surface area contributed by atoms with Gasteiger partial charge in [0.05, 0.1) is 18.5 Å². The average Bonchev–Trinajstić information content (AvgIpc) is 2.66. The molecule has 0 radical (unpaired) electrons. The van der Waals surface area contributed by atoms with E-state index in [0.717, 1.165) is 16.5 Å². The van der Waals surface area contributed by atoms with E-state index in [2.05, 4.69) is 25.5 Å². The van der Waals surface area contributed by atoms with Crippen LogP contribution in [-0.4, -0.2) is 33.2 Å². The number of para-hydroxylation sites is 1. The molecular formula is C19H19N5O2. The second-order valence-electron chi connectivity index (χ2n) is 5.59. The first-order valence-electron chi connectivity index (χ1n) is 8.29. The first kappa shape index (κ1) is 17.5. The van der Waals surface area contributed by atoms with Crippen molar-refractivity contribution in [2.24, 2.45) is 5.10 Å². The molecule has 0 fully saturated rings. The predicted molar refractivity (Wildman–Crippen MR) is 101 cm³/mol. The molecule has 0 unspecified atom stereocenters. The van der Waals surface area contributed by atoms with Gasteiger partial charge in [-0.05, 0) is 38.1 Å². The maximum atomic E-state index is 11.6. The summed E-state index contributed by atoms with van der Waals surface area (Å²) in [5.74, 6) is 0.845. The molecule has 7 heteroatoms. The van der Waals surface area contributed by atoms with Gasteiger partial charge in [0.25, 0.3) is 0 Å². The molecule has 0 spiro atoms. The fraction of sp³-hybridized carbons (Fsp3) is 0.211. The van der Waals surface area contributed by atoms with Crippen LogP contribution in [0.15, 0.2) is 53.9 Å². The van der Waals surface area contributed by atoms with Crippen LogP contribution in [0.3, 0.4) is 0 Å². The molecule has 7 nitrogen and oxygen atoms in total. The largest absolute Gasteiger partial charge is 0.466 e. The molecule has 3 aromatic rings. The van der Waals surface area contributed by atoms with E-state index in [4.69, 9.17) is 4.74 Å². The minimum Gasteiger partial charge on any atom is -0.466 e. The van der Waals surface area contributed by atoms with Crippen LogP contribution in [0.5, 0.6) is 0 Å². The summed E-state index contributed by atoms with van der Waals surface area (Å²) in [6.45, 7) is 3.89. The maximum absolute atomic E-state index is 11.6. The van der Waals surface area contributed by atoms with Crippen molar-refractivity contribution >= 4 is 28.4 Å². The number of fused-ring (bicyclic) bond motifs is 1. The van der Waals surface area contributed by atoms with Crippen LogP contribution in [0.25, 0.3) is 22.3 Å². The van der Waals surface area contributed by atoms with Crippen LogP contribution in [0, 0.1) is 0 Å². The Kier molecular flexibility index (Phi) is 5.48. The van der Waals surface area contributed by atoms with Crippen LogP contribution in [0.1, 0.15) is 20.3 Å². The molecule has 1 N–H and O–H groups in total. The summed E-state index contributed by atoms with van der Waals surface area (Å²) in [5, 5.41) is 5.11. The number of nitrogens with one attached hydrogen (secondary N) is 1. The first-order valence-corrected chi connectivity index (χ1v) is 8.29. The quantitative estimate of drug-likeness (QED) is 0.417. The average molecular weight is 349 g/mol. The molecule has 0 saturated heterocycles. The smallest absolute Gasteiger partial charge is 0.311 e. The van der Waals surface area contributed by atoms with Crippen molar-refractivity contribution < 1.29 is 9.53 Å². The fourth-order valence-electron chi connectivity index (χ4n) is 2.40. The third-order valence-corrected chi connectivity index (χ3v) is 3.60. The van der Waals surface area contributed by atoms with E-state index in [1.165, 1.54) is 0 Å². The number of aromatic nitrogens is 3. The van der Waals surface area contributed by atoms with Crippen LogP contribution in [0.2, 0.25) is 0 Å². The fourth-order valence-corrected chi connectivity index (χ4v) is 2.40. The highest BCUT2D eigenvalue weighted by atomic mass is 16.5. The number of carbonyl (C=O) groups excluding carboxylic acids is 1. The van der Waals surface area contributed by atoms with Gasteiger partial charge >= 0.3 is 5.97 Å². The molecule has 1 aromatic carbocycles. The Morgan fingerprint density at radius 2 is 1.92 bits per heavy atom. The van der Waals surface area contributed by atoms with Crippen molar-refractivity contribution in [2.45, 2.75) is 20.3 Å². The Labute approximate surface area is 151 Å². The first-order chi connectivity index (χ1) is 12.7. The standard InChI is InChI=1S/C19H19N5O2/c1-3-26-17(25)12-13(2)23-24-19-15-6-4-5-7-16(15)21-18(22-19)14-8-10-20-11-9-14/h4-11H,3,12H2,1-2H3,(H,21,22,24)/b23-13-. The zero-order valence-electron chi connectivity index (χ0n) is 14.6. The number of esters is 1. The van der Waals surface area contributed by atoms with E-state index < -0.39 is 0 Å². The molecule has 0 aliphatic heterocycles. The number of carbonyl (C=O) groups is 1. The van der Waals surface area contributed by atoms with Crippen LogP contribution in [0.4, 0.5) is 5.82 Å². The minimum atomic E-state index is -0.305. The van der Waals surface area contributed by atoms with Gasteiger partial charge in [0.15, 0.2) is 11.6 Å². The highest BCUT2D eigenvalue weighted by Crippen LogP contribution is 2.24. The lowest BCUT2D eigenvalue weighted by atomic mass is 10.2. The van der Waals surface area contributed by atoms with Crippen molar-refractivity contribution in [3.05, 3.63) is 48.8 Å². The SMILES string of the molecule is CCOC(=O)C/C(C)=N\Nc1nc(-c2ccncc2)nc2ccccc12. The molecule has 2 heterocycles. The Morgan fingerprint density at radius 1 is 1.15 bits per heavy atom. The Morgan fingerprint density at radius 3 is 2.69 bits per heavy atom. The number of pyridine rings is 1. The molecule has 3 rings (SSSR count). The molecule has 132 valence electrons. The van der Waals surface area contributed by atoms with Gasteiger partial charge in [-0.15, -0.1) is 0 Å².